The fraction of sp³-hybridized carbons (Fsp3) is 0.350. The number of hydrogen-bond acceptors (Lipinski definition) is 4. The molecule has 0 bridgehead atoms. The first-order valence-electron chi connectivity index (χ1n) is 8.82. The first-order chi connectivity index (χ1) is 12.8. The first kappa shape index (κ1) is 21.1. The van der Waals surface area contributed by atoms with Crippen LogP contribution in [0.3, 0.4) is 0 Å². The van der Waals surface area contributed by atoms with E-state index in [0.29, 0.717) is 6.54 Å². The number of fused-ring (bicyclic) bond motifs is 1. The molecule has 1 aliphatic heterocycles. The summed E-state index contributed by atoms with van der Waals surface area (Å²) >= 11 is 0. The molecule has 2 aromatic carbocycles. The molecule has 0 unspecified atom stereocenters. The number of nitrogens with one attached hydrogen (secondary N) is 2. The topological polar surface area (TPSA) is 64.1 Å². The highest BCUT2D eigenvalue weighted by Crippen LogP contribution is 2.32. The summed E-state index contributed by atoms with van der Waals surface area (Å²) < 4.78 is 15.9. The lowest BCUT2D eigenvalue weighted by Gasteiger charge is -2.11. The van der Waals surface area contributed by atoms with E-state index < -0.39 is 0 Å². The molecular weight excluding hydrogens is 457 g/mol. The zero-order valence-electron chi connectivity index (χ0n) is 15.7. The normalized spacial score (nSPS) is 12.3. The molecule has 0 spiro atoms. The quantitative estimate of drug-likeness (QED) is 0.360. The number of nitrogens with zero attached hydrogens (tertiary/aromatic N) is 1. The maximum absolute atomic E-state index is 5.41. The van der Waals surface area contributed by atoms with E-state index in [2.05, 4.69) is 34.7 Å². The van der Waals surface area contributed by atoms with Crippen LogP contribution in [0.2, 0.25) is 0 Å². The average molecular weight is 483 g/mol. The summed E-state index contributed by atoms with van der Waals surface area (Å²) in [6.45, 7) is 4.54. The number of ether oxygens (including phenoxy) is 3. The highest BCUT2D eigenvalue weighted by molar-refractivity contribution is 14.0. The SMILES string of the molecule is CCNC(=NCc1ccc2c(c1)OCO2)NCCc1ccc(OC)cc1.I. The molecule has 0 radical (unpaired) electrons. The molecule has 0 atom stereocenters. The van der Waals surface area contributed by atoms with Crippen LogP contribution < -0.4 is 24.8 Å². The van der Waals surface area contributed by atoms with E-state index in [0.717, 1.165) is 48.3 Å². The van der Waals surface area contributed by atoms with Crippen LogP contribution in [0.15, 0.2) is 47.5 Å². The van der Waals surface area contributed by atoms with Crippen molar-refractivity contribution in [2.45, 2.75) is 19.9 Å². The summed E-state index contributed by atoms with van der Waals surface area (Å²) in [4.78, 5) is 4.65. The Hall–Kier alpha value is -2.16. The largest absolute Gasteiger partial charge is 0.497 e. The molecule has 3 rings (SSSR count). The second kappa shape index (κ2) is 10.9. The van der Waals surface area contributed by atoms with Crippen molar-refractivity contribution < 1.29 is 14.2 Å². The molecule has 0 fully saturated rings. The van der Waals surface area contributed by atoms with E-state index >= 15 is 0 Å². The van der Waals surface area contributed by atoms with Crippen molar-refractivity contribution in [1.82, 2.24) is 10.6 Å². The summed E-state index contributed by atoms with van der Waals surface area (Å²) in [5, 5.41) is 6.64. The van der Waals surface area contributed by atoms with Crippen molar-refractivity contribution in [2.75, 3.05) is 27.0 Å². The van der Waals surface area contributed by atoms with Crippen LogP contribution in [0.1, 0.15) is 18.1 Å². The average Bonchev–Trinajstić information content (AvgIpc) is 3.14. The van der Waals surface area contributed by atoms with Gasteiger partial charge in [0, 0.05) is 13.1 Å². The van der Waals surface area contributed by atoms with Gasteiger partial charge in [-0.3, -0.25) is 0 Å². The van der Waals surface area contributed by atoms with E-state index in [1.54, 1.807) is 7.11 Å². The molecule has 0 saturated heterocycles. The van der Waals surface area contributed by atoms with Gasteiger partial charge in [0.15, 0.2) is 17.5 Å². The minimum atomic E-state index is 0. The zero-order chi connectivity index (χ0) is 18.2. The second-order valence-electron chi connectivity index (χ2n) is 5.91. The lowest BCUT2D eigenvalue weighted by Crippen LogP contribution is -2.38. The molecule has 0 saturated carbocycles. The third-order valence-electron chi connectivity index (χ3n) is 4.07. The minimum absolute atomic E-state index is 0. The van der Waals surface area contributed by atoms with E-state index in [-0.39, 0.29) is 30.8 Å². The fourth-order valence-electron chi connectivity index (χ4n) is 2.67. The molecule has 0 amide bonds. The summed E-state index contributed by atoms with van der Waals surface area (Å²) in [7, 11) is 1.68. The van der Waals surface area contributed by atoms with E-state index in [1.807, 2.05) is 30.3 Å². The minimum Gasteiger partial charge on any atom is -0.497 e. The Kier molecular flexibility index (Phi) is 8.50. The van der Waals surface area contributed by atoms with Gasteiger partial charge in [0.25, 0.3) is 0 Å². The Balaban J connectivity index is 0.00000261. The van der Waals surface area contributed by atoms with Gasteiger partial charge in [-0.2, -0.15) is 0 Å². The molecule has 27 heavy (non-hydrogen) atoms. The van der Waals surface area contributed by atoms with E-state index in [4.69, 9.17) is 14.2 Å². The van der Waals surface area contributed by atoms with Crippen LogP contribution in [-0.4, -0.2) is 33.0 Å². The van der Waals surface area contributed by atoms with Crippen molar-refractivity contribution in [3.05, 3.63) is 53.6 Å². The van der Waals surface area contributed by atoms with E-state index in [9.17, 15) is 0 Å². The zero-order valence-corrected chi connectivity index (χ0v) is 18.0. The monoisotopic (exact) mass is 483 g/mol. The van der Waals surface area contributed by atoms with Crippen LogP contribution in [0.5, 0.6) is 17.2 Å². The Bertz CT molecular complexity index is 751. The molecule has 1 heterocycles. The predicted molar refractivity (Wildman–Crippen MR) is 117 cm³/mol. The highest BCUT2D eigenvalue weighted by atomic mass is 127. The third-order valence-corrected chi connectivity index (χ3v) is 4.07. The molecule has 0 aromatic heterocycles. The summed E-state index contributed by atoms with van der Waals surface area (Å²) in [6, 6.07) is 14.0. The van der Waals surface area contributed by atoms with Gasteiger partial charge in [-0.25, -0.2) is 4.99 Å². The molecule has 6 nitrogen and oxygen atoms in total. The lowest BCUT2D eigenvalue weighted by atomic mass is 10.1. The Labute approximate surface area is 177 Å². The van der Waals surface area contributed by atoms with Gasteiger partial charge in [0.05, 0.1) is 13.7 Å². The number of guanidine groups is 1. The first-order valence-corrected chi connectivity index (χ1v) is 8.82. The number of methoxy groups -OCH3 is 1. The second-order valence-corrected chi connectivity index (χ2v) is 5.91. The van der Waals surface area contributed by atoms with Crippen LogP contribution >= 0.6 is 24.0 Å². The standard InChI is InChI=1S/C20H25N3O3.HI/c1-3-21-20(22-11-10-15-4-7-17(24-2)8-5-15)23-13-16-6-9-18-19(12-16)26-14-25-18;/h4-9,12H,3,10-11,13-14H2,1-2H3,(H2,21,22,23);1H. The number of rotatable bonds is 7. The Morgan fingerprint density at radius 3 is 2.52 bits per heavy atom. The third kappa shape index (κ3) is 6.20. The number of benzene rings is 2. The number of halogens is 1. The van der Waals surface area contributed by atoms with Gasteiger partial charge >= 0.3 is 0 Å². The number of aliphatic imine (C=N–C) groups is 1. The summed E-state index contributed by atoms with van der Waals surface area (Å²) in [6.07, 6.45) is 0.915. The maximum atomic E-state index is 5.41. The van der Waals surface area contributed by atoms with Gasteiger partial charge < -0.3 is 24.8 Å². The van der Waals surface area contributed by atoms with Gasteiger partial charge in [-0.05, 0) is 48.7 Å². The molecule has 1 aliphatic rings. The predicted octanol–water partition coefficient (Wildman–Crippen LogP) is 3.34. The Morgan fingerprint density at radius 2 is 1.78 bits per heavy atom. The van der Waals surface area contributed by atoms with Gasteiger partial charge in [-0.15, -0.1) is 24.0 Å². The molecule has 0 aliphatic carbocycles. The summed E-state index contributed by atoms with van der Waals surface area (Å²) in [5.41, 5.74) is 2.34. The van der Waals surface area contributed by atoms with Crippen molar-refractivity contribution in [2.24, 2.45) is 4.99 Å². The van der Waals surface area contributed by atoms with Crippen LogP contribution in [0.4, 0.5) is 0 Å². The summed E-state index contributed by atoms with van der Waals surface area (Å²) in [5.74, 6) is 3.26. The molecule has 2 N–H and O–H groups in total. The van der Waals surface area contributed by atoms with Crippen molar-refractivity contribution in [3.8, 4) is 17.2 Å². The van der Waals surface area contributed by atoms with Crippen LogP contribution in [0.25, 0.3) is 0 Å². The number of hydrogen-bond donors (Lipinski definition) is 2. The Morgan fingerprint density at radius 1 is 1.04 bits per heavy atom. The fourth-order valence-corrected chi connectivity index (χ4v) is 2.67. The smallest absolute Gasteiger partial charge is 0.231 e. The van der Waals surface area contributed by atoms with Crippen LogP contribution in [0, 0.1) is 0 Å². The van der Waals surface area contributed by atoms with Crippen molar-refractivity contribution in [3.63, 3.8) is 0 Å². The molecule has 2 aromatic rings. The van der Waals surface area contributed by atoms with Gasteiger partial charge in [0.2, 0.25) is 6.79 Å². The molecular formula is C20H26IN3O3. The van der Waals surface area contributed by atoms with E-state index in [1.165, 1.54) is 5.56 Å². The molecule has 7 heteroatoms. The van der Waals surface area contributed by atoms with Gasteiger partial charge in [0.1, 0.15) is 5.75 Å². The lowest BCUT2D eigenvalue weighted by molar-refractivity contribution is 0.174. The van der Waals surface area contributed by atoms with Crippen molar-refractivity contribution >= 4 is 29.9 Å². The highest BCUT2D eigenvalue weighted by Gasteiger charge is 2.12. The van der Waals surface area contributed by atoms with Gasteiger partial charge in [-0.1, -0.05) is 18.2 Å². The maximum Gasteiger partial charge on any atom is 0.231 e. The van der Waals surface area contributed by atoms with Crippen LogP contribution in [-0.2, 0) is 13.0 Å². The molecule has 146 valence electrons. The van der Waals surface area contributed by atoms with Crippen molar-refractivity contribution in [1.29, 1.82) is 0 Å².